The van der Waals surface area contributed by atoms with Crippen LogP contribution in [0.5, 0.6) is 0 Å². The van der Waals surface area contributed by atoms with Gasteiger partial charge in [0.15, 0.2) is 0 Å². The molecular weight excluding hydrogens is 118 g/mol. The Labute approximate surface area is 55.5 Å². The van der Waals surface area contributed by atoms with Crippen LogP contribution in [0.1, 0.15) is 13.8 Å². The highest BCUT2D eigenvalue weighted by molar-refractivity contribution is 4.67. The topological polar surface area (TPSA) is 21.7 Å². The van der Waals surface area contributed by atoms with Gasteiger partial charge in [-0.25, -0.2) is 0 Å². The molecule has 0 saturated carbocycles. The molecular formula is C6H13NO2. The molecule has 1 saturated heterocycles. The van der Waals surface area contributed by atoms with Crippen LogP contribution < -0.4 is 0 Å². The number of hydrogen-bond donors (Lipinski definition) is 0. The highest BCUT2D eigenvalue weighted by Gasteiger charge is 2.25. The Balaban J connectivity index is 2.41. The average Bonchev–Trinajstić information content (AvgIpc) is 1.60. The molecule has 0 aliphatic carbocycles. The van der Waals surface area contributed by atoms with E-state index >= 15 is 0 Å². The van der Waals surface area contributed by atoms with Crippen molar-refractivity contribution in [2.24, 2.45) is 0 Å². The van der Waals surface area contributed by atoms with Gasteiger partial charge in [0, 0.05) is 7.05 Å². The van der Waals surface area contributed by atoms with Crippen molar-refractivity contribution in [3.8, 4) is 0 Å². The fourth-order valence-corrected chi connectivity index (χ4v) is 0.895. The van der Waals surface area contributed by atoms with Crippen molar-refractivity contribution in [2.45, 2.75) is 19.4 Å². The zero-order valence-corrected chi connectivity index (χ0v) is 6.18. The van der Waals surface area contributed by atoms with E-state index in [1.807, 2.05) is 20.9 Å². The van der Waals surface area contributed by atoms with Crippen LogP contribution in [0.25, 0.3) is 0 Å². The van der Waals surface area contributed by atoms with E-state index in [2.05, 4.69) is 0 Å². The van der Waals surface area contributed by atoms with E-state index in [0.29, 0.717) is 13.3 Å². The molecule has 0 bridgehead atoms. The fourth-order valence-electron chi connectivity index (χ4n) is 0.895. The highest BCUT2D eigenvalue weighted by atomic mass is 16.7. The molecule has 0 unspecified atom stereocenters. The molecule has 9 heavy (non-hydrogen) atoms. The zero-order valence-electron chi connectivity index (χ0n) is 6.18. The SMILES string of the molecule is CN1COCC(C)(C)O1. The molecule has 0 spiro atoms. The number of rotatable bonds is 0. The third kappa shape index (κ3) is 1.93. The molecule has 0 amide bonds. The smallest absolute Gasteiger partial charge is 0.122 e. The molecule has 0 atom stereocenters. The highest BCUT2D eigenvalue weighted by Crippen LogP contribution is 2.15. The molecule has 1 rings (SSSR count). The normalized spacial score (nSPS) is 28.3. The van der Waals surface area contributed by atoms with E-state index in [1.165, 1.54) is 0 Å². The molecule has 1 fully saturated rings. The summed E-state index contributed by atoms with van der Waals surface area (Å²) in [7, 11) is 1.86. The summed E-state index contributed by atoms with van der Waals surface area (Å²) in [6, 6.07) is 0. The van der Waals surface area contributed by atoms with Crippen molar-refractivity contribution in [3.05, 3.63) is 0 Å². The number of hydroxylamine groups is 2. The maximum Gasteiger partial charge on any atom is 0.122 e. The minimum atomic E-state index is -0.146. The molecule has 0 aromatic heterocycles. The van der Waals surface area contributed by atoms with E-state index in [-0.39, 0.29) is 5.60 Å². The van der Waals surface area contributed by atoms with E-state index in [0.717, 1.165) is 0 Å². The van der Waals surface area contributed by atoms with E-state index in [1.54, 1.807) is 5.06 Å². The van der Waals surface area contributed by atoms with Gasteiger partial charge < -0.3 is 4.74 Å². The fraction of sp³-hybridized carbons (Fsp3) is 1.00. The number of ether oxygens (including phenoxy) is 1. The first-order valence-corrected chi connectivity index (χ1v) is 3.08. The monoisotopic (exact) mass is 131 g/mol. The number of nitrogens with zero attached hydrogens (tertiary/aromatic N) is 1. The van der Waals surface area contributed by atoms with Crippen LogP contribution in [0.15, 0.2) is 0 Å². The maximum absolute atomic E-state index is 5.38. The van der Waals surface area contributed by atoms with E-state index < -0.39 is 0 Å². The van der Waals surface area contributed by atoms with Crippen LogP contribution in [0.3, 0.4) is 0 Å². The summed E-state index contributed by atoms with van der Waals surface area (Å²) < 4.78 is 5.20. The molecule has 0 aromatic rings. The molecule has 0 N–H and O–H groups in total. The van der Waals surface area contributed by atoms with Crippen molar-refractivity contribution >= 4 is 0 Å². The molecule has 1 aliphatic rings. The second-order valence-corrected chi connectivity index (χ2v) is 2.96. The lowest BCUT2D eigenvalue weighted by atomic mass is 10.1. The van der Waals surface area contributed by atoms with Crippen molar-refractivity contribution in [3.63, 3.8) is 0 Å². The summed E-state index contributed by atoms with van der Waals surface area (Å²) in [5.74, 6) is 0. The minimum Gasteiger partial charge on any atom is -0.361 e. The summed E-state index contributed by atoms with van der Waals surface area (Å²) in [6.07, 6.45) is 0. The standard InChI is InChI=1S/C6H13NO2/c1-6(2)4-8-5-7(3)9-6/h4-5H2,1-3H3. The summed E-state index contributed by atoms with van der Waals surface area (Å²) in [4.78, 5) is 5.38. The molecule has 1 aliphatic heterocycles. The lowest BCUT2D eigenvalue weighted by molar-refractivity contribution is -0.312. The second kappa shape index (κ2) is 2.25. The first kappa shape index (κ1) is 6.99. The van der Waals surface area contributed by atoms with Crippen molar-refractivity contribution < 1.29 is 9.57 Å². The van der Waals surface area contributed by atoms with Gasteiger partial charge in [-0.15, -0.1) is 0 Å². The molecule has 54 valence electrons. The van der Waals surface area contributed by atoms with Gasteiger partial charge in [0.25, 0.3) is 0 Å². The van der Waals surface area contributed by atoms with E-state index in [9.17, 15) is 0 Å². The largest absolute Gasteiger partial charge is 0.361 e. The van der Waals surface area contributed by atoms with Crippen LogP contribution in [-0.2, 0) is 9.57 Å². The van der Waals surface area contributed by atoms with Gasteiger partial charge in [-0.3, -0.25) is 4.84 Å². The third-order valence-corrected chi connectivity index (χ3v) is 1.13. The molecule has 1 heterocycles. The van der Waals surface area contributed by atoms with Crippen LogP contribution in [0.4, 0.5) is 0 Å². The Kier molecular flexibility index (Phi) is 1.75. The molecule has 0 radical (unpaired) electrons. The average molecular weight is 131 g/mol. The molecule has 3 nitrogen and oxygen atoms in total. The van der Waals surface area contributed by atoms with Gasteiger partial charge in [0.1, 0.15) is 12.3 Å². The lowest BCUT2D eigenvalue weighted by Crippen LogP contribution is -2.44. The first-order chi connectivity index (χ1) is 4.10. The Hall–Kier alpha value is -0.120. The number of hydrogen-bond acceptors (Lipinski definition) is 3. The van der Waals surface area contributed by atoms with Crippen molar-refractivity contribution in [2.75, 3.05) is 20.4 Å². The summed E-state index contributed by atoms with van der Waals surface area (Å²) >= 11 is 0. The summed E-state index contributed by atoms with van der Waals surface area (Å²) in [6.45, 7) is 5.26. The molecule has 0 aromatic carbocycles. The molecule has 3 heteroatoms. The van der Waals surface area contributed by atoms with Crippen LogP contribution >= 0.6 is 0 Å². The lowest BCUT2D eigenvalue weighted by Gasteiger charge is -2.34. The Morgan fingerprint density at radius 3 is 2.44 bits per heavy atom. The Bertz CT molecular complexity index is 103. The quantitative estimate of drug-likeness (QED) is 0.481. The van der Waals surface area contributed by atoms with Crippen molar-refractivity contribution in [1.29, 1.82) is 0 Å². The predicted molar refractivity (Wildman–Crippen MR) is 33.7 cm³/mol. The zero-order chi connectivity index (χ0) is 6.91. The first-order valence-electron chi connectivity index (χ1n) is 3.08. The van der Waals surface area contributed by atoms with Gasteiger partial charge >= 0.3 is 0 Å². The maximum atomic E-state index is 5.38. The Morgan fingerprint density at radius 1 is 1.44 bits per heavy atom. The summed E-state index contributed by atoms with van der Waals surface area (Å²) in [5.41, 5.74) is -0.146. The van der Waals surface area contributed by atoms with Gasteiger partial charge in [-0.05, 0) is 13.8 Å². The van der Waals surface area contributed by atoms with Crippen LogP contribution in [-0.4, -0.2) is 31.0 Å². The van der Waals surface area contributed by atoms with E-state index in [4.69, 9.17) is 9.57 Å². The van der Waals surface area contributed by atoms with Crippen LogP contribution in [0, 0.1) is 0 Å². The van der Waals surface area contributed by atoms with Gasteiger partial charge in [-0.2, -0.15) is 5.06 Å². The van der Waals surface area contributed by atoms with Crippen molar-refractivity contribution in [1.82, 2.24) is 5.06 Å². The third-order valence-electron chi connectivity index (χ3n) is 1.13. The van der Waals surface area contributed by atoms with Gasteiger partial charge in [0.2, 0.25) is 0 Å². The Morgan fingerprint density at radius 2 is 2.11 bits per heavy atom. The summed E-state index contributed by atoms with van der Waals surface area (Å²) in [5, 5.41) is 1.70. The van der Waals surface area contributed by atoms with Gasteiger partial charge in [0.05, 0.1) is 6.61 Å². The second-order valence-electron chi connectivity index (χ2n) is 2.96. The minimum absolute atomic E-state index is 0.146. The van der Waals surface area contributed by atoms with Crippen LogP contribution in [0.2, 0.25) is 0 Å². The predicted octanol–water partition coefficient (Wildman–Crippen LogP) is 0.616. The van der Waals surface area contributed by atoms with Gasteiger partial charge in [-0.1, -0.05) is 0 Å².